The van der Waals surface area contributed by atoms with Gasteiger partial charge in [-0.15, -0.1) is 0 Å². The molecule has 0 fully saturated rings. The molecule has 0 radical (unpaired) electrons. The molecule has 0 aliphatic carbocycles. The summed E-state index contributed by atoms with van der Waals surface area (Å²) in [5.41, 5.74) is 10.1. The van der Waals surface area contributed by atoms with E-state index in [-0.39, 0.29) is 11.9 Å². The lowest BCUT2D eigenvalue weighted by atomic mass is 10.1. The van der Waals surface area contributed by atoms with E-state index in [4.69, 9.17) is 10.2 Å². The van der Waals surface area contributed by atoms with Crippen LogP contribution in [-0.4, -0.2) is 51.9 Å². The number of nitrogens with two attached hydrogens (primary N) is 1. The van der Waals surface area contributed by atoms with Gasteiger partial charge >= 0.3 is 0 Å². The summed E-state index contributed by atoms with van der Waals surface area (Å²) in [6.45, 7) is 3.99. The molecule has 3 heterocycles. The zero-order chi connectivity index (χ0) is 19.7. The predicted octanol–water partition coefficient (Wildman–Crippen LogP) is 2.41. The maximum atomic E-state index is 13.0. The second kappa shape index (κ2) is 7.32. The number of aromatic nitrogens is 3. The first kappa shape index (κ1) is 18.0. The fraction of sp³-hybridized carbons (Fsp3) is 0.250. The SMILES string of the molecule is CCN(CCNC)C(=O)c1cnc2ccc(-c3ccc4oc(N)nc4c3)cn12. The number of nitrogens with zero attached hydrogens (tertiary/aromatic N) is 4. The first-order valence-corrected chi connectivity index (χ1v) is 9.18. The quantitative estimate of drug-likeness (QED) is 0.534. The van der Waals surface area contributed by atoms with Crippen molar-refractivity contribution < 1.29 is 9.21 Å². The smallest absolute Gasteiger partial charge is 0.292 e. The molecule has 0 bridgehead atoms. The van der Waals surface area contributed by atoms with Gasteiger partial charge in [-0.2, -0.15) is 4.98 Å². The Morgan fingerprint density at radius 3 is 2.89 bits per heavy atom. The minimum Gasteiger partial charge on any atom is -0.424 e. The second-order valence-corrected chi connectivity index (χ2v) is 6.51. The Kier molecular flexibility index (Phi) is 4.70. The highest BCUT2D eigenvalue weighted by Gasteiger charge is 2.18. The Balaban J connectivity index is 1.73. The fourth-order valence-electron chi connectivity index (χ4n) is 3.25. The normalized spacial score (nSPS) is 11.4. The molecule has 0 saturated carbocycles. The molecule has 0 atom stereocenters. The van der Waals surface area contributed by atoms with Gasteiger partial charge in [-0.3, -0.25) is 9.20 Å². The second-order valence-electron chi connectivity index (χ2n) is 6.51. The minimum absolute atomic E-state index is 0.0397. The summed E-state index contributed by atoms with van der Waals surface area (Å²) in [7, 11) is 1.87. The summed E-state index contributed by atoms with van der Waals surface area (Å²) in [6.07, 6.45) is 3.55. The molecule has 3 N–H and O–H groups in total. The molecule has 4 aromatic rings. The highest BCUT2D eigenvalue weighted by atomic mass is 16.4. The number of amides is 1. The van der Waals surface area contributed by atoms with Crippen molar-refractivity contribution in [3.05, 3.63) is 48.4 Å². The van der Waals surface area contributed by atoms with E-state index in [1.54, 1.807) is 11.1 Å². The first-order chi connectivity index (χ1) is 13.6. The average Bonchev–Trinajstić information content (AvgIpc) is 3.29. The molecule has 28 heavy (non-hydrogen) atoms. The maximum Gasteiger partial charge on any atom is 0.292 e. The van der Waals surface area contributed by atoms with Crippen LogP contribution in [0.4, 0.5) is 6.01 Å². The van der Waals surface area contributed by atoms with Crippen molar-refractivity contribution in [3.63, 3.8) is 0 Å². The monoisotopic (exact) mass is 378 g/mol. The molecule has 0 aliphatic rings. The van der Waals surface area contributed by atoms with Gasteiger partial charge < -0.3 is 20.4 Å². The highest BCUT2D eigenvalue weighted by molar-refractivity contribution is 5.93. The van der Waals surface area contributed by atoms with E-state index in [1.165, 1.54) is 0 Å². The molecular formula is C20H22N6O2. The molecule has 8 nitrogen and oxygen atoms in total. The summed E-state index contributed by atoms with van der Waals surface area (Å²) in [4.78, 5) is 23.4. The van der Waals surface area contributed by atoms with E-state index in [1.807, 2.05) is 54.9 Å². The van der Waals surface area contributed by atoms with E-state index in [9.17, 15) is 4.79 Å². The molecule has 0 saturated heterocycles. The van der Waals surface area contributed by atoms with Gasteiger partial charge in [-0.25, -0.2) is 4.98 Å². The summed E-state index contributed by atoms with van der Waals surface area (Å²) in [5.74, 6) is -0.0397. The Hall–Kier alpha value is -3.39. The van der Waals surface area contributed by atoms with Crippen molar-refractivity contribution in [1.29, 1.82) is 0 Å². The van der Waals surface area contributed by atoms with Crippen molar-refractivity contribution in [2.24, 2.45) is 0 Å². The number of anilines is 1. The van der Waals surface area contributed by atoms with Gasteiger partial charge in [-0.05, 0) is 49.4 Å². The van der Waals surface area contributed by atoms with Crippen LogP contribution >= 0.6 is 0 Å². The van der Waals surface area contributed by atoms with Gasteiger partial charge in [-0.1, -0.05) is 6.07 Å². The van der Waals surface area contributed by atoms with E-state index in [0.29, 0.717) is 29.9 Å². The summed E-state index contributed by atoms with van der Waals surface area (Å²) in [6, 6.07) is 9.72. The number of imidazole rings is 1. The first-order valence-electron chi connectivity index (χ1n) is 9.18. The van der Waals surface area contributed by atoms with Crippen LogP contribution in [0.5, 0.6) is 0 Å². The third-order valence-electron chi connectivity index (χ3n) is 4.76. The number of nitrogen functional groups attached to an aromatic ring is 1. The standard InChI is InChI=1S/C20H22N6O2/c1-3-25(9-8-22-2)19(27)16-11-23-18-7-5-14(12-26(16)18)13-4-6-17-15(10-13)24-20(21)28-17/h4-7,10-12,22H,3,8-9H2,1-2H3,(H2,21,24). The molecule has 1 amide bonds. The zero-order valence-electron chi connectivity index (χ0n) is 15.8. The number of pyridine rings is 1. The number of carbonyl (C=O) groups excluding carboxylic acids is 1. The molecule has 0 spiro atoms. The van der Waals surface area contributed by atoms with Crippen LogP contribution in [0.1, 0.15) is 17.4 Å². The molecule has 3 aromatic heterocycles. The third-order valence-corrected chi connectivity index (χ3v) is 4.76. The van der Waals surface area contributed by atoms with Crippen LogP contribution in [0.15, 0.2) is 47.1 Å². The van der Waals surface area contributed by atoms with Crippen molar-refractivity contribution >= 4 is 28.7 Å². The van der Waals surface area contributed by atoms with Gasteiger partial charge in [0.2, 0.25) is 0 Å². The van der Waals surface area contributed by atoms with Gasteiger partial charge in [0.1, 0.15) is 16.9 Å². The number of oxazole rings is 1. The molecule has 0 unspecified atom stereocenters. The van der Waals surface area contributed by atoms with E-state index < -0.39 is 0 Å². The molecule has 8 heteroatoms. The van der Waals surface area contributed by atoms with E-state index >= 15 is 0 Å². The molecular weight excluding hydrogens is 356 g/mol. The van der Waals surface area contributed by atoms with Crippen LogP contribution in [0.3, 0.4) is 0 Å². The van der Waals surface area contributed by atoms with Crippen molar-refractivity contribution in [1.82, 2.24) is 24.6 Å². The molecule has 1 aromatic carbocycles. The summed E-state index contributed by atoms with van der Waals surface area (Å²) in [5, 5.41) is 3.08. The Bertz CT molecular complexity index is 1150. The maximum absolute atomic E-state index is 13.0. The molecule has 144 valence electrons. The largest absolute Gasteiger partial charge is 0.424 e. The van der Waals surface area contributed by atoms with Gasteiger partial charge in [0.15, 0.2) is 5.58 Å². The van der Waals surface area contributed by atoms with Crippen molar-refractivity contribution in [3.8, 4) is 11.1 Å². The van der Waals surface area contributed by atoms with Crippen LogP contribution in [-0.2, 0) is 0 Å². The van der Waals surface area contributed by atoms with Gasteiger partial charge in [0, 0.05) is 25.8 Å². The average molecular weight is 378 g/mol. The number of benzene rings is 1. The Morgan fingerprint density at radius 2 is 2.11 bits per heavy atom. The summed E-state index contributed by atoms with van der Waals surface area (Å²) < 4.78 is 7.17. The topological polar surface area (TPSA) is 102 Å². The number of hydrogen-bond donors (Lipinski definition) is 2. The number of rotatable bonds is 6. The summed E-state index contributed by atoms with van der Waals surface area (Å²) >= 11 is 0. The lowest BCUT2D eigenvalue weighted by Gasteiger charge is -2.20. The zero-order valence-corrected chi connectivity index (χ0v) is 15.8. The van der Waals surface area contributed by atoms with Crippen LogP contribution in [0.2, 0.25) is 0 Å². The number of fused-ring (bicyclic) bond motifs is 2. The fourth-order valence-corrected chi connectivity index (χ4v) is 3.25. The number of nitrogens with one attached hydrogen (secondary N) is 1. The van der Waals surface area contributed by atoms with E-state index in [0.717, 1.165) is 23.3 Å². The molecule has 0 aliphatic heterocycles. The van der Waals surface area contributed by atoms with Crippen molar-refractivity contribution in [2.75, 3.05) is 32.4 Å². The van der Waals surface area contributed by atoms with Crippen LogP contribution in [0, 0.1) is 0 Å². The minimum atomic E-state index is -0.0397. The highest BCUT2D eigenvalue weighted by Crippen LogP contribution is 2.26. The number of hydrogen-bond acceptors (Lipinski definition) is 6. The third kappa shape index (κ3) is 3.18. The van der Waals surface area contributed by atoms with Gasteiger partial charge in [0.05, 0.1) is 6.20 Å². The Morgan fingerprint density at radius 1 is 1.29 bits per heavy atom. The lowest BCUT2D eigenvalue weighted by Crippen LogP contribution is -2.36. The van der Waals surface area contributed by atoms with Crippen LogP contribution < -0.4 is 11.1 Å². The van der Waals surface area contributed by atoms with Gasteiger partial charge in [0.25, 0.3) is 11.9 Å². The molecule has 4 rings (SSSR count). The number of carbonyl (C=O) groups is 1. The van der Waals surface area contributed by atoms with Crippen molar-refractivity contribution in [2.45, 2.75) is 6.92 Å². The number of likely N-dealkylation sites (N-methyl/N-ethyl adjacent to an activating group) is 2. The Labute approximate surface area is 162 Å². The predicted molar refractivity (Wildman–Crippen MR) is 108 cm³/mol. The van der Waals surface area contributed by atoms with Crippen LogP contribution in [0.25, 0.3) is 27.9 Å². The van der Waals surface area contributed by atoms with E-state index in [2.05, 4.69) is 15.3 Å². The lowest BCUT2D eigenvalue weighted by molar-refractivity contribution is 0.0759.